The molecular formula is C5H11BrO4. The Morgan fingerprint density at radius 1 is 1.10 bits per heavy atom. The van der Waals surface area contributed by atoms with Crippen LogP contribution >= 0.6 is 16.3 Å². The maximum Gasteiger partial charge on any atom is 0.0988 e. The van der Waals surface area contributed by atoms with Gasteiger partial charge in [0.1, 0.15) is 0 Å². The zero-order valence-electron chi connectivity index (χ0n) is 5.46. The van der Waals surface area contributed by atoms with Crippen molar-refractivity contribution in [2.24, 2.45) is 5.41 Å². The highest BCUT2D eigenvalue weighted by molar-refractivity contribution is 9.06. The Kier molecular flexibility index (Phi) is 5.20. The molecule has 0 bridgehead atoms. The number of aliphatic hydroxyl groups is 3. The lowest BCUT2D eigenvalue weighted by molar-refractivity contribution is -0.0193. The minimum Gasteiger partial charge on any atom is -0.396 e. The molecule has 0 aromatic rings. The molecule has 0 aliphatic heterocycles. The van der Waals surface area contributed by atoms with Gasteiger partial charge in [0.25, 0.3) is 0 Å². The highest BCUT2D eigenvalue weighted by Gasteiger charge is 2.28. The Balaban J connectivity index is 3.87. The molecule has 0 radical (unpaired) electrons. The summed E-state index contributed by atoms with van der Waals surface area (Å²) >= 11 is 2.67. The van der Waals surface area contributed by atoms with Crippen LogP contribution in [0.25, 0.3) is 0 Å². The van der Waals surface area contributed by atoms with Crippen LogP contribution in [-0.2, 0) is 3.83 Å². The van der Waals surface area contributed by atoms with Crippen molar-refractivity contribution in [3.05, 3.63) is 0 Å². The van der Waals surface area contributed by atoms with Crippen LogP contribution in [0.15, 0.2) is 0 Å². The van der Waals surface area contributed by atoms with Gasteiger partial charge in [-0.25, -0.2) is 0 Å². The SMILES string of the molecule is OCC(CO)(CO)COBr. The molecule has 10 heavy (non-hydrogen) atoms. The van der Waals surface area contributed by atoms with E-state index >= 15 is 0 Å². The van der Waals surface area contributed by atoms with E-state index in [1.54, 1.807) is 0 Å². The second-order valence-corrected chi connectivity index (χ2v) is 2.69. The number of halogens is 1. The zero-order chi connectivity index (χ0) is 8.04. The Hall–Kier alpha value is 0.320. The van der Waals surface area contributed by atoms with Gasteiger partial charge in [-0.2, -0.15) is 0 Å². The molecule has 0 aromatic heterocycles. The van der Waals surface area contributed by atoms with E-state index in [9.17, 15) is 0 Å². The van der Waals surface area contributed by atoms with E-state index in [4.69, 9.17) is 15.3 Å². The maximum atomic E-state index is 8.69. The molecule has 0 atom stereocenters. The topological polar surface area (TPSA) is 69.9 Å². The molecule has 0 heterocycles. The van der Waals surface area contributed by atoms with Gasteiger partial charge in [-0.1, -0.05) is 0 Å². The van der Waals surface area contributed by atoms with Gasteiger partial charge in [-0.15, -0.1) is 0 Å². The van der Waals surface area contributed by atoms with Crippen molar-refractivity contribution in [3.8, 4) is 0 Å². The molecule has 0 spiro atoms. The monoisotopic (exact) mass is 214 g/mol. The van der Waals surface area contributed by atoms with Crippen LogP contribution in [0.4, 0.5) is 0 Å². The summed E-state index contributed by atoms with van der Waals surface area (Å²) in [4.78, 5) is 0. The van der Waals surface area contributed by atoms with Crippen LogP contribution in [0, 0.1) is 5.41 Å². The largest absolute Gasteiger partial charge is 0.396 e. The summed E-state index contributed by atoms with van der Waals surface area (Å²) in [5, 5.41) is 26.1. The molecule has 0 saturated heterocycles. The highest BCUT2D eigenvalue weighted by Crippen LogP contribution is 2.15. The summed E-state index contributed by atoms with van der Waals surface area (Å²) in [5.41, 5.74) is -0.927. The van der Waals surface area contributed by atoms with Gasteiger partial charge in [0, 0.05) is 0 Å². The van der Waals surface area contributed by atoms with Gasteiger partial charge in [0.2, 0.25) is 0 Å². The van der Waals surface area contributed by atoms with E-state index in [-0.39, 0.29) is 26.4 Å². The minimum absolute atomic E-state index is 0.0799. The number of aliphatic hydroxyl groups excluding tert-OH is 3. The van der Waals surface area contributed by atoms with Crippen LogP contribution in [0.3, 0.4) is 0 Å². The number of hydrogen-bond acceptors (Lipinski definition) is 4. The van der Waals surface area contributed by atoms with Crippen molar-refractivity contribution < 1.29 is 19.1 Å². The van der Waals surface area contributed by atoms with Crippen LogP contribution in [0.2, 0.25) is 0 Å². The third-order valence-corrected chi connectivity index (χ3v) is 1.60. The summed E-state index contributed by atoms with van der Waals surface area (Å²) in [6.45, 7) is -0.820. The molecule has 3 N–H and O–H groups in total. The van der Waals surface area contributed by atoms with Crippen molar-refractivity contribution in [1.29, 1.82) is 0 Å². The van der Waals surface area contributed by atoms with Crippen LogP contribution in [0.5, 0.6) is 0 Å². The van der Waals surface area contributed by atoms with Crippen LogP contribution in [-0.4, -0.2) is 41.7 Å². The average Bonchev–Trinajstić information content (AvgIpc) is 2.01. The Labute approximate surface area is 67.9 Å². The smallest absolute Gasteiger partial charge is 0.0988 e. The van der Waals surface area contributed by atoms with Crippen LogP contribution < -0.4 is 0 Å². The quantitative estimate of drug-likeness (QED) is 0.565. The van der Waals surface area contributed by atoms with Crippen molar-refractivity contribution in [1.82, 2.24) is 0 Å². The first-order valence-corrected chi connectivity index (χ1v) is 3.45. The lowest BCUT2D eigenvalue weighted by Gasteiger charge is -2.24. The maximum absolute atomic E-state index is 8.69. The second-order valence-electron chi connectivity index (χ2n) is 2.23. The highest BCUT2D eigenvalue weighted by atomic mass is 79.9. The average molecular weight is 215 g/mol. The molecule has 0 unspecified atom stereocenters. The first-order valence-electron chi connectivity index (χ1n) is 2.81. The lowest BCUT2D eigenvalue weighted by Crippen LogP contribution is -2.37. The fraction of sp³-hybridized carbons (Fsp3) is 1.00. The third kappa shape index (κ3) is 2.51. The van der Waals surface area contributed by atoms with Gasteiger partial charge >= 0.3 is 0 Å². The number of rotatable bonds is 5. The summed E-state index contributed by atoms with van der Waals surface area (Å²) in [6.07, 6.45) is 0. The summed E-state index contributed by atoms with van der Waals surface area (Å²) < 4.78 is 4.51. The Morgan fingerprint density at radius 3 is 1.60 bits per heavy atom. The first-order chi connectivity index (χ1) is 4.74. The normalized spacial score (nSPS) is 12.0. The van der Waals surface area contributed by atoms with Crippen molar-refractivity contribution in [2.75, 3.05) is 26.4 Å². The predicted molar refractivity (Wildman–Crippen MR) is 38.6 cm³/mol. The molecule has 0 amide bonds. The standard InChI is InChI=1S/C5H11BrO4/c6-10-4-5(1-7,2-8)3-9/h7-9H,1-4H2. The summed E-state index contributed by atoms with van der Waals surface area (Å²) in [7, 11) is 0. The Morgan fingerprint density at radius 2 is 1.50 bits per heavy atom. The fourth-order valence-corrected chi connectivity index (χ4v) is 0.888. The van der Waals surface area contributed by atoms with E-state index in [0.29, 0.717) is 0 Å². The molecular weight excluding hydrogens is 204 g/mol. The van der Waals surface area contributed by atoms with Gasteiger partial charge in [0.15, 0.2) is 0 Å². The van der Waals surface area contributed by atoms with E-state index in [0.717, 1.165) is 0 Å². The van der Waals surface area contributed by atoms with Crippen molar-refractivity contribution >= 4 is 16.3 Å². The Bertz CT molecular complexity index is 75.5. The molecule has 0 aromatic carbocycles. The first kappa shape index (κ1) is 10.3. The molecule has 4 nitrogen and oxygen atoms in total. The van der Waals surface area contributed by atoms with E-state index < -0.39 is 5.41 Å². The summed E-state index contributed by atoms with van der Waals surface area (Å²) in [5.74, 6) is 0. The predicted octanol–water partition coefficient (Wildman–Crippen LogP) is -0.724. The van der Waals surface area contributed by atoms with Gasteiger partial charge in [0.05, 0.1) is 48.1 Å². The van der Waals surface area contributed by atoms with Crippen molar-refractivity contribution in [3.63, 3.8) is 0 Å². The molecule has 5 heteroatoms. The zero-order valence-corrected chi connectivity index (χ0v) is 7.04. The molecule has 0 saturated carbocycles. The third-order valence-electron chi connectivity index (χ3n) is 1.37. The van der Waals surface area contributed by atoms with Crippen LogP contribution in [0.1, 0.15) is 0 Å². The van der Waals surface area contributed by atoms with Gasteiger partial charge < -0.3 is 19.1 Å². The van der Waals surface area contributed by atoms with Gasteiger partial charge in [-0.05, 0) is 0 Å². The number of hydrogen-bond donors (Lipinski definition) is 3. The van der Waals surface area contributed by atoms with E-state index in [2.05, 4.69) is 20.1 Å². The van der Waals surface area contributed by atoms with Crippen molar-refractivity contribution in [2.45, 2.75) is 0 Å². The van der Waals surface area contributed by atoms with E-state index in [1.807, 2.05) is 0 Å². The molecule has 0 rings (SSSR count). The van der Waals surface area contributed by atoms with E-state index in [1.165, 1.54) is 0 Å². The molecule has 0 fully saturated rings. The lowest BCUT2D eigenvalue weighted by atomic mass is 9.93. The second kappa shape index (κ2) is 5.03. The molecule has 62 valence electrons. The van der Waals surface area contributed by atoms with Gasteiger partial charge in [-0.3, -0.25) is 0 Å². The fourth-order valence-electron chi connectivity index (χ4n) is 0.403. The molecule has 0 aliphatic carbocycles. The molecule has 0 aliphatic rings. The minimum atomic E-state index is -0.927. The summed E-state index contributed by atoms with van der Waals surface area (Å²) in [6, 6.07) is 0.